The summed E-state index contributed by atoms with van der Waals surface area (Å²) in [4.78, 5) is 38.2. The predicted octanol–water partition coefficient (Wildman–Crippen LogP) is 1.80. The summed E-state index contributed by atoms with van der Waals surface area (Å²) in [5.41, 5.74) is 0.872. The van der Waals surface area contributed by atoms with Crippen LogP contribution < -0.4 is 10.0 Å². The van der Waals surface area contributed by atoms with Crippen LogP contribution in [0.1, 0.15) is 35.7 Å². The standard InChI is InChI=1S/C23H24N4O6S/c1-15(23(30)31)26-34(32,33)20-7-3-2-6-19(20)25-21(28)18-5-4-12-27(14-18)22(29)17-10-8-16(13-24)9-11-17/h2-3,6-11,15,18,26H,4-5,12,14H2,1H3,(H,25,28)(H,30,31)/t15-,18?/m0/s1. The van der Waals surface area contributed by atoms with Crippen molar-refractivity contribution in [1.82, 2.24) is 9.62 Å². The van der Waals surface area contributed by atoms with Crippen molar-refractivity contribution >= 4 is 33.5 Å². The van der Waals surface area contributed by atoms with Crippen LogP contribution in [0.5, 0.6) is 0 Å². The molecule has 0 aliphatic carbocycles. The molecule has 34 heavy (non-hydrogen) atoms. The van der Waals surface area contributed by atoms with Gasteiger partial charge in [0.15, 0.2) is 0 Å². The van der Waals surface area contributed by atoms with Crippen molar-refractivity contribution in [2.75, 3.05) is 18.4 Å². The third kappa shape index (κ3) is 5.78. The zero-order valence-electron chi connectivity index (χ0n) is 18.4. The number of nitrogens with zero attached hydrogens (tertiary/aromatic N) is 2. The molecule has 1 aliphatic heterocycles. The first kappa shape index (κ1) is 24.9. The Morgan fingerprint density at radius 2 is 1.82 bits per heavy atom. The molecule has 2 aromatic carbocycles. The fourth-order valence-electron chi connectivity index (χ4n) is 3.63. The number of nitriles is 1. The van der Waals surface area contributed by atoms with Gasteiger partial charge in [0.05, 0.1) is 23.2 Å². The molecule has 11 heteroatoms. The largest absolute Gasteiger partial charge is 0.480 e. The molecule has 1 saturated heterocycles. The van der Waals surface area contributed by atoms with Gasteiger partial charge in [-0.2, -0.15) is 9.98 Å². The molecule has 1 unspecified atom stereocenters. The Morgan fingerprint density at radius 3 is 2.47 bits per heavy atom. The van der Waals surface area contributed by atoms with Crippen molar-refractivity contribution in [2.24, 2.45) is 5.92 Å². The molecule has 10 nitrogen and oxygen atoms in total. The highest BCUT2D eigenvalue weighted by Crippen LogP contribution is 2.25. The molecular weight excluding hydrogens is 460 g/mol. The summed E-state index contributed by atoms with van der Waals surface area (Å²) in [6.07, 6.45) is 1.12. The third-order valence-electron chi connectivity index (χ3n) is 5.48. The van der Waals surface area contributed by atoms with Crippen LogP contribution in [0.15, 0.2) is 53.4 Å². The Kier molecular flexibility index (Phi) is 7.65. The predicted molar refractivity (Wildman–Crippen MR) is 122 cm³/mol. The van der Waals surface area contributed by atoms with Crippen LogP contribution in [0, 0.1) is 17.2 Å². The first-order valence-corrected chi connectivity index (χ1v) is 12.0. The zero-order chi connectivity index (χ0) is 24.9. The van der Waals surface area contributed by atoms with Crippen molar-refractivity contribution in [3.63, 3.8) is 0 Å². The van der Waals surface area contributed by atoms with E-state index in [-0.39, 0.29) is 23.0 Å². The minimum Gasteiger partial charge on any atom is -0.480 e. The molecule has 2 amide bonds. The molecule has 178 valence electrons. The smallest absolute Gasteiger partial charge is 0.321 e. The van der Waals surface area contributed by atoms with Crippen molar-refractivity contribution in [2.45, 2.75) is 30.7 Å². The average molecular weight is 485 g/mol. The Balaban J connectivity index is 1.73. The summed E-state index contributed by atoms with van der Waals surface area (Å²) >= 11 is 0. The van der Waals surface area contributed by atoms with Crippen LogP contribution in [-0.4, -0.2) is 55.3 Å². The molecule has 0 bridgehead atoms. The van der Waals surface area contributed by atoms with Gasteiger partial charge in [-0.3, -0.25) is 14.4 Å². The number of amides is 2. The molecule has 1 heterocycles. The van der Waals surface area contributed by atoms with Crippen molar-refractivity contribution in [3.05, 3.63) is 59.7 Å². The molecule has 3 rings (SSSR count). The first-order chi connectivity index (χ1) is 16.1. The number of rotatable bonds is 7. The minimum absolute atomic E-state index is 0.0214. The molecule has 3 N–H and O–H groups in total. The van der Waals surface area contributed by atoms with Crippen LogP contribution in [0.25, 0.3) is 0 Å². The number of para-hydroxylation sites is 1. The van der Waals surface area contributed by atoms with E-state index in [4.69, 9.17) is 10.4 Å². The Morgan fingerprint density at radius 1 is 1.15 bits per heavy atom. The molecular formula is C23H24N4O6S. The molecule has 2 atom stereocenters. The number of aliphatic carboxylic acids is 1. The molecule has 0 spiro atoms. The number of anilines is 1. The first-order valence-electron chi connectivity index (χ1n) is 10.6. The van der Waals surface area contributed by atoms with Gasteiger partial charge in [0.2, 0.25) is 15.9 Å². The summed E-state index contributed by atoms with van der Waals surface area (Å²) in [6, 6.07) is 12.6. The summed E-state index contributed by atoms with van der Waals surface area (Å²) in [7, 11) is -4.21. The van der Waals surface area contributed by atoms with Gasteiger partial charge >= 0.3 is 5.97 Å². The van der Waals surface area contributed by atoms with Crippen LogP contribution in [0.4, 0.5) is 5.69 Å². The lowest BCUT2D eigenvalue weighted by atomic mass is 9.96. The second kappa shape index (κ2) is 10.5. The van der Waals surface area contributed by atoms with Gasteiger partial charge < -0.3 is 15.3 Å². The van der Waals surface area contributed by atoms with Crippen LogP contribution in [0.2, 0.25) is 0 Å². The number of nitrogens with one attached hydrogen (secondary N) is 2. The number of carbonyl (C=O) groups is 3. The number of likely N-dealkylation sites (tertiary alicyclic amines) is 1. The van der Waals surface area contributed by atoms with E-state index in [1.165, 1.54) is 25.1 Å². The Labute approximate surface area is 197 Å². The van der Waals surface area contributed by atoms with Gasteiger partial charge in [0.25, 0.3) is 5.91 Å². The lowest BCUT2D eigenvalue weighted by molar-refractivity contribution is -0.138. The molecule has 1 fully saturated rings. The minimum atomic E-state index is -4.21. The molecule has 2 aromatic rings. The van der Waals surface area contributed by atoms with Gasteiger partial charge in [-0.25, -0.2) is 8.42 Å². The van der Waals surface area contributed by atoms with E-state index in [1.807, 2.05) is 6.07 Å². The number of hydrogen-bond donors (Lipinski definition) is 3. The van der Waals surface area contributed by atoms with Crippen molar-refractivity contribution < 1.29 is 27.9 Å². The van der Waals surface area contributed by atoms with E-state index in [0.29, 0.717) is 30.5 Å². The third-order valence-corrected chi connectivity index (χ3v) is 7.08. The Hall–Kier alpha value is -3.75. The highest BCUT2D eigenvalue weighted by atomic mass is 32.2. The number of piperidine rings is 1. The molecule has 1 aliphatic rings. The zero-order valence-corrected chi connectivity index (χ0v) is 19.2. The summed E-state index contributed by atoms with van der Waals surface area (Å²) in [6.45, 7) is 1.83. The number of carboxylic acids is 1. The second-order valence-corrected chi connectivity index (χ2v) is 9.63. The number of carboxylic acid groups (broad SMARTS) is 1. The van der Waals surface area contributed by atoms with E-state index in [9.17, 15) is 22.8 Å². The average Bonchev–Trinajstić information content (AvgIpc) is 2.83. The number of carbonyl (C=O) groups excluding carboxylic acids is 2. The fraction of sp³-hybridized carbons (Fsp3) is 0.304. The van der Waals surface area contributed by atoms with Gasteiger partial charge in [-0.1, -0.05) is 12.1 Å². The van der Waals surface area contributed by atoms with E-state index in [0.717, 1.165) is 0 Å². The van der Waals surface area contributed by atoms with Crippen LogP contribution >= 0.6 is 0 Å². The highest BCUT2D eigenvalue weighted by Gasteiger charge is 2.30. The number of sulfonamides is 1. The lowest BCUT2D eigenvalue weighted by Crippen LogP contribution is -2.44. The highest BCUT2D eigenvalue weighted by molar-refractivity contribution is 7.89. The summed E-state index contributed by atoms with van der Waals surface area (Å²) in [5, 5.41) is 20.5. The normalized spacial score (nSPS) is 16.8. The summed E-state index contributed by atoms with van der Waals surface area (Å²) in [5.74, 6) is -2.58. The van der Waals surface area contributed by atoms with Gasteiger partial charge in [-0.15, -0.1) is 0 Å². The maximum absolute atomic E-state index is 13.0. The van der Waals surface area contributed by atoms with Gasteiger partial charge in [-0.05, 0) is 56.2 Å². The Bertz CT molecular complexity index is 1240. The summed E-state index contributed by atoms with van der Waals surface area (Å²) < 4.78 is 27.4. The van der Waals surface area contributed by atoms with Crippen molar-refractivity contribution in [3.8, 4) is 6.07 Å². The lowest BCUT2D eigenvalue weighted by Gasteiger charge is -2.32. The number of hydrogen-bond acceptors (Lipinski definition) is 6. The monoisotopic (exact) mass is 484 g/mol. The molecule has 0 saturated carbocycles. The maximum Gasteiger partial charge on any atom is 0.321 e. The number of benzene rings is 2. The van der Waals surface area contributed by atoms with Crippen LogP contribution in [-0.2, 0) is 19.6 Å². The van der Waals surface area contributed by atoms with Crippen molar-refractivity contribution in [1.29, 1.82) is 5.26 Å². The quantitative estimate of drug-likeness (QED) is 0.541. The van der Waals surface area contributed by atoms with E-state index in [2.05, 4.69) is 10.0 Å². The van der Waals surface area contributed by atoms with E-state index in [1.54, 1.807) is 35.2 Å². The van der Waals surface area contributed by atoms with Gasteiger partial charge in [0, 0.05) is 18.7 Å². The van der Waals surface area contributed by atoms with Gasteiger partial charge in [0.1, 0.15) is 10.9 Å². The molecule has 0 aromatic heterocycles. The maximum atomic E-state index is 13.0. The SMILES string of the molecule is C[C@H](NS(=O)(=O)c1ccccc1NC(=O)C1CCCN(C(=O)c2ccc(C#N)cc2)C1)C(=O)O. The second-order valence-electron chi connectivity index (χ2n) is 7.95. The van der Waals surface area contributed by atoms with E-state index >= 15 is 0 Å². The topological polar surface area (TPSA) is 157 Å². The van der Waals surface area contributed by atoms with Crippen LogP contribution in [0.3, 0.4) is 0 Å². The fourth-order valence-corrected chi connectivity index (χ4v) is 4.99. The molecule has 0 radical (unpaired) electrons. The van der Waals surface area contributed by atoms with E-state index < -0.39 is 33.9 Å².